The first kappa shape index (κ1) is 20.7. The van der Waals surface area contributed by atoms with Crippen LogP contribution in [0.5, 0.6) is 0 Å². The summed E-state index contributed by atoms with van der Waals surface area (Å²) in [5.74, 6) is 0.430. The Kier molecular flexibility index (Phi) is 7.03. The van der Waals surface area contributed by atoms with Gasteiger partial charge in [0.1, 0.15) is 0 Å². The Morgan fingerprint density at radius 2 is 1.96 bits per heavy atom. The minimum Gasteiger partial charge on any atom is -0.341 e. The topological polar surface area (TPSA) is 78.5 Å². The number of piperidine rings is 3. The number of carbonyl (C=O) groups excluding carboxylic acids is 3. The normalized spacial score (nSPS) is 23.9. The molecule has 26 heavy (non-hydrogen) atoms. The number of carbonyl (C=O) groups is 3. The molecule has 3 aliphatic heterocycles. The fourth-order valence-electron chi connectivity index (χ4n) is 3.66. The van der Waals surface area contributed by atoms with Crippen LogP contribution in [0.3, 0.4) is 0 Å². The molecule has 3 saturated heterocycles. The third-order valence-electron chi connectivity index (χ3n) is 5.11. The lowest BCUT2D eigenvalue weighted by Gasteiger charge is -2.44. The minimum atomic E-state index is -0.400. The van der Waals surface area contributed by atoms with Crippen LogP contribution in [0.1, 0.15) is 36.0 Å². The Balaban J connectivity index is 0.00000243. The van der Waals surface area contributed by atoms with Crippen LogP contribution < -0.4 is 10.6 Å². The number of amides is 2. The van der Waals surface area contributed by atoms with Crippen molar-refractivity contribution in [1.82, 2.24) is 10.2 Å². The Labute approximate surface area is 164 Å². The van der Waals surface area contributed by atoms with E-state index in [2.05, 4.69) is 15.5 Å². The molecule has 0 saturated carbocycles. The maximum Gasteiger partial charge on any atom is 0.319 e. The Morgan fingerprint density at radius 3 is 2.58 bits per heavy atom. The summed E-state index contributed by atoms with van der Waals surface area (Å²) in [6.45, 7) is 1.91. The predicted octanol–water partition coefficient (Wildman–Crippen LogP) is 3.14. The van der Waals surface area contributed by atoms with E-state index in [0.29, 0.717) is 34.9 Å². The van der Waals surface area contributed by atoms with Gasteiger partial charge in [-0.15, -0.1) is 12.4 Å². The van der Waals surface area contributed by atoms with Crippen molar-refractivity contribution in [3.63, 3.8) is 0 Å². The molecule has 6 nitrogen and oxygen atoms in total. The number of anilines is 1. The number of benzene rings is 1. The number of halogens is 2. The molecule has 1 unspecified atom stereocenters. The van der Waals surface area contributed by atoms with Gasteiger partial charge in [0.25, 0.3) is 0 Å². The highest BCUT2D eigenvalue weighted by Gasteiger charge is 2.40. The lowest BCUT2D eigenvalue weighted by atomic mass is 9.80. The zero-order chi connectivity index (χ0) is 18.0. The van der Waals surface area contributed by atoms with E-state index in [1.807, 2.05) is 0 Å². The molecule has 1 aromatic rings. The summed E-state index contributed by atoms with van der Waals surface area (Å²) in [5.41, 5.74) is 0.877. The molecule has 1 aromatic carbocycles. The largest absolute Gasteiger partial charge is 0.341 e. The summed E-state index contributed by atoms with van der Waals surface area (Å²) in [6.07, 6.45) is 2.76. The molecule has 0 spiro atoms. The quantitative estimate of drug-likeness (QED) is 0.745. The average Bonchev–Trinajstić information content (AvgIpc) is 2.63. The third-order valence-corrected chi connectivity index (χ3v) is 5.44. The fourth-order valence-corrected chi connectivity index (χ4v) is 3.83. The van der Waals surface area contributed by atoms with Gasteiger partial charge in [0.2, 0.25) is 0 Å². The van der Waals surface area contributed by atoms with Crippen LogP contribution in [0.4, 0.5) is 10.5 Å². The zero-order valence-electron chi connectivity index (χ0n) is 14.6. The van der Waals surface area contributed by atoms with Crippen LogP contribution in [0.25, 0.3) is 0 Å². The number of hydrogen-bond acceptors (Lipinski definition) is 4. The van der Waals surface area contributed by atoms with Gasteiger partial charge in [-0.3, -0.25) is 14.5 Å². The van der Waals surface area contributed by atoms with Crippen molar-refractivity contribution >= 4 is 47.3 Å². The summed E-state index contributed by atoms with van der Waals surface area (Å²) in [6, 6.07) is 4.30. The van der Waals surface area contributed by atoms with Crippen molar-refractivity contribution in [2.75, 3.05) is 25.5 Å². The number of fused-ring (bicyclic) bond motifs is 3. The highest BCUT2D eigenvalue weighted by atomic mass is 35.5. The van der Waals surface area contributed by atoms with Gasteiger partial charge < -0.3 is 10.6 Å². The number of urea groups is 1. The van der Waals surface area contributed by atoms with E-state index in [0.717, 1.165) is 25.9 Å². The number of nitrogens with zero attached hydrogens (tertiary/aromatic N) is 1. The number of Topliss-reactive ketones (excluding diaryl/α,β-unsaturated/α-hetero) is 2. The van der Waals surface area contributed by atoms with Crippen molar-refractivity contribution in [3.8, 4) is 0 Å². The Hall–Kier alpha value is -1.63. The molecule has 4 rings (SSSR count). The molecule has 142 valence electrons. The van der Waals surface area contributed by atoms with Crippen LogP contribution in [-0.2, 0) is 4.79 Å². The molecular weight excluding hydrogens is 377 g/mol. The van der Waals surface area contributed by atoms with Crippen molar-refractivity contribution in [1.29, 1.82) is 0 Å². The first-order valence-electron chi connectivity index (χ1n) is 8.59. The molecule has 3 heterocycles. The SMILES string of the molecule is CNC(=O)Nc1cc(C(=O)CCC2C(=O)C3CCN2CC3)ccc1Cl.Cl. The number of hydrogen-bond donors (Lipinski definition) is 2. The molecule has 0 radical (unpaired) electrons. The highest BCUT2D eigenvalue weighted by molar-refractivity contribution is 6.33. The smallest absolute Gasteiger partial charge is 0.319 e. The molecule has 0 aromatic heterocycles. The highest BCUT2D eigenvalue weighted by Crippen LogP contribution is 2.31. The molecule has 0 aliphatic carbocycles. The Bertz CT molecular complexity index is 703. The van der Waals surface area contributed by atoms with Crippen molar-refractivity contribution in [2.24, 2.45) is 5.92 Å². The maximum atomic E-state index is 12.5. The lowest BCUT2D eigenvalue weighted by Crippen LogP contribution is -2.55. The monoisotopic (exact) mass is 399 g/mol. The molecule has 1 atom stereocenters. The second kappa shape index (κ2) is 8.84. The number of rotatable bonds is 5. The first-order chi connectivity index (χ1) is 12.0. The van der Waals surface area contributed by atoms with E-state index in [1.165, 1.54) is 7.05 Å². The van der Waals surface area contributed by atoms with E-state index >= 15 is 0 Å². The maximum absolute atomic E-state index is 12.5. The second-order valence-corrected chi connectivity index (χ2v) is 7.00. The average molecular weight is 400 g/mol. The van der Waals surface area contributed by atoms with Gasteiger partial charge in [-0.25, -0.2) is 4.79 Å². The van der Waals surface area contributed by atoms with Crippen molar-refractivity contribution in [2.45, 2.75) is 31.7 Å². The van der Waals surface area contributed by atoms with Gasteiger partial charge in [0.05, 0.1) is 16.8 Å². The van der Waals surface area contributed by atoms with E-state index < -0.39 is 6.03 Å². The number of ketones is 2. The van der Waals surface area contributed by atoms with Gasteiger partial charge in [-0.1, -0.05) is 11.6 Å². The summed E-state index contributed by atoms with van der Waals surface area (Å²) in [5, 5.41) is 5.40. The van der Waals surface area contributed by atoms with Gasteiger partial charge in [-0.05, 0) is 50.6 Å². The van der Waals surface area contributed by atoms with E-state index in [-0.39, 0.29) is 30.2 Å². The lowest BCUT2D eigenvalue weighted by molar-refractivity contribution is -0.137. The van der Waals surface area contributed by atoms with Crippen molar-refractivity contribution in [3.05, 3.63) is 28.8 Å². The molecule has 2 N–H and O–H groups in total. The van der Waals surface area contributed by atoms with E-state index in [1.54, 1.807) is 18.2 Å². The summed E-state index contributed by atoms with van der Waals surface area (Å²) in [7, 11) is 1.50. The van der Waals surface area contributed by atoms with Crippen LogP contribution in [0.15, 0.2) is 18.2 Å². The molecule has 2 amide bonds. The van der Waals surface area contributed by atoms with Crippen LogP contribution >= 0.6 is 24.0 Å². The Morgan fingerprint density at radius 1 is 1.27 bits per heavy atom. The molecule has 2 bridgehead atoms. The number of nitrogens with one attached hydrogen (secondary N) is 2. The fraction of sp³-hybridized carbons (Fsp3) is 0.500. The minimum absolute atomic E-state index is 0. The van der Waals surface area contributed by atoms with Gasteiger partial charge in [0, 0.05) is 24.9 Å². The predicted molar refractivity (Wildman–Crippen MR) is 103 cm³/mol. The van der Waals surface area contributed by atoms with Crippen LogP contribution in [0.2, 0.25) is 5.02 Å². The van der Waals surface area contributed by atoms with E-state index in [4.69, 9.17) is 11.6 Å². The first-order valence-corrected chi connectivity index (χ1v) is 8.96. The molecule has 3 fully saturated rings. The zero-order valence-corrected chi connectivity index (χ0v) is 16.2. The van der Waals surface area contributed by atoms with Gasteiger partial charge in [-0.2, -0.15) is 0 Å². The summed E-state index contributed by atoms with van der Waals surface area (Å²) < 4.78 is 0. The summed E-state index contributed by atoms with van der Waals surface area (Å²) in [4.78, 5) is 38.5. The molecule has 3 aliphatic rings. The van der Waals surface area contributed by atoms with Gasteiger partial charge in [0.15, 0.2) is 11.6 Å². The van der Waals surface area contributed by atoms with Crippen molar-refractivity contribution < 1.29 is 14.4 Å². The molecular formula is C18H23Cl2N3O3. The van der Waals surface area contributed by atoms with Crippen LogP contribution in [-0.4, -0.2) is 48.7 Å². The standard InChI is InChI=1S/C18H22ClN3O3.ClH/c1-20-18(25)21-14-10-12(2-3-13(14)19)16(23)5-4-15-17(24)11-6-8-22(15)9-7-11;/h2-3,10-11,15H,4-9H2,1H3,(H2,20,21,25);1H. The van der Waals surface area contributed by atoms with E-state index in [9.17, 15) is 14.4 Å². The van der Waals surface area contributed by atoms with Gasteiger partial charge >= 0.3 is 6.03 Å². The summed E-state index contributed by atoms with van der Waals surface area (Å²) >= 11 is 6.06. The third kappa shape index (κ3) is 4.37. The second-order valence-electron chi connectivity index (χ2n) is 6.59. The molecule has 8 heteroatoms. The van der Waals surface area contributed by atoms with Crippen LogP contribution in [0, 0.1) is 5.92 Å².